The van der Waals surface area contributed by atoms with Gasteiger partial charge in [0.1, 0.15) is 0 Å². The molecule has 0 atom stereocenters. The molecule has 0 bridgehead atoms. The van der Waals surface area contributed by atoms with Gasteiger partial charge in [-0.15, -0.1) is 10.1 Å². The minimum atomic E-state index is -1.50. The van der Waals surface area contributed by atoms with Crippen LogP contribution in [0.25, 0.3) is 0 Å². The van der Waals surface area contributed by atoms with Crippen molar-refractivity contribution in [3.8, 4) is 0 Å². The summed E-state index contributed by atoms with van der Waals surface area (Å²) in [6.45, 7) is 0. The quantitative estimate of drug-likeness (QED) is 0.233. The predicted octanol–water partition coefficient (Wildman–Crippen LogP) is -2.18. The van der Waals surface area contributed by atoms with E-state index in [9.17, 15) is 0 Å². The zero-order valence-corrected chi connectivity index (χ0v) is 5.83. The van der Waals surface area contributed by atoms with Crippen LogP contribution < -0.4 is 0 Å². The Hall–Kier alpha value is 1.05. The average molecular weight is 134 g/mol. The monoisotopic (exact) mass is 134 g/mol. The van der Waals surface area contributed by atoms with Gasteiger partial charge in [0.15, 0.2) is 0 Å². The molecule has 0 aromatic heterocycles. The summed E-state index contributed by atoms with van der Waals surface area (Å²) in [6.07, 6.45) is 0. The molecule has 1 radical (unpaired) electrons. The van der Waals surface area contributed by atoms with E-state index in [-0.39, 0.29) is 62.3 Å². The smallest absolute Gasteiger partial charge is 0.291 e. The Kier molecular flexibility index (Phi) is 24.7. The third kappa shape index (κ3) is 74.8. The van der Waals surface area contributed by atoms with Gasteiger partial charge in [-0.25, -0.2) is 0 Å². The molecule has 6 heteroatoms. The van der Waals surface area contributed by atoms with E-state index in [1.165, 1.54) is 0 Å². The topological polar surface area (TPSA) is 63.4 Å². The summed E-state index contributed by atoms with van der Waals surface area (Å²) in [5.74, 6) is 0. The van der Waals surface area contributed by atoms with Crippen LogP contribution in [0.15, 0.2) is 0 Å². The zero-order chi connectivity index (χ0) is 3.58. The van der Waals surface area contributed by atoms with Gasteiger partial charge in [-0.2, -0.15) is 0 Å². The molecule has 0 aromatic rings. The van der Waals surface area contributed by atoms with Crippen molar-refractivity contribution in [3.05, 3.63) is 10.1 Å². The molecule has 0 spiro atoms. The minimum absolute atomic E-state index is 0. The van der Waals surface area contributed by atoms with E-state index in [4.69, 9.17) is 15.3 Å². The molecule has 0 saturated carbocycles. The van der Waals surface area contributed by atoms with E-state index >= 15 is 0 Å². The Morgan fingerprint density at radius 1 is 1.67 bits per heavy atom. The Morgan fingerprint density at radius 2 is 1.67 bits per heavy atom. The molecule has 1 N–H and O–H groups in total. The van der Waals surface area contributed by atoms with Gasteiger partial charge < -0.3 is 5.21 Å². The Bertz CT molecular complexity index is 33.8. The second kappa shape index (κ2) is 9.41. The van der Waals surface area contributed by atoms with Crippen LogP contribution in [0.5, 0.6) is 0 Å². The van der Waals surface area contributed by atoms with Crippen molar-refractivity contribution in [1.82, 2.24) is 0 Å². The molecular weight excluding hydrogens is 129 g/mol. The van der Waals surface area contributed by atoms with Crippen molar-refractivity contribution < 1.29 is 10.3 Å². The molecule has 33 valence electrons. The molecule has 0 fully saturated rings. The Morgan fingerprint density at radius 3 is 1.67 bits per heavy atom. The molecule has 0 aliphatic heterocycles. The van der Waals surface area contributed by atoms with Gasteiger partial charge in [-0.05, 0) is 11.0 Å². The van der Waals surface area contributed by atoms with Crippen LogP contribution in [-0.4, -0.2) is 72.6 Å². The largest absolute Gasteiger partial charge is 0.328 e. The van der Waals surface area contributed by atoms with Crippen molar-refractivity contribution in [3.63, 3.8) is 0 Å². The van der Waals surface area contributed by atoms with E-state index in [0.717, 1.165) is 0 Å². The maximum Gasteiger partial charge on any atom is 0.291 e. The van der Waals surface area contributed by atoms with Crippen LogP contribution in [0.3, 0.4) is 0 Å². The van der Waals surface area contributed by atoms with Crippen molar-refractivity contribution in [2.75, 3.05) is 0 Å². The summed E-state index contributed by atoms with van der Waals surface area (Å²) in [4.78, 5) is 8.36. The number of hydrogen-bond acceptors (Lipinski definition) is 2. The number of nitrogens with zero attached hydrogens (tertiary/aromatic N) is 1. The maximum absolute atomic E-state index is 8.36. The van der Waals surface area contributed by atoms with Crippen LogP contribution in [0.1, 0.15) is 0 Å². The first kappa shape index (κ1) is 15.7. The standard InChI is InChI=1S/K.HNO3.H4Si/c;2-1(3)4;/h;(H,2,3,4);1H4. The van der Waals surface area contributed by atoms with Crippen LogP contribution >= 0.6 is 0 Å². The van der Waals surface area contributed by atoms with E-state index in [1.807, 2.05) is 0 Å². The molecule has 0 aliphatic rings. The Labute approximate surface area is 81.5 Å². The summed E-state index contributed by atoms with van der Waals surface area (Å²) in [5, 5.41) is 13.6. The van der Waals surface area contributed by atoms with Crippen LogP contribution in [0, 0.1) is 10.1 Å². The second-order valence-corrected chi connectivity index (χ2v) is 0.238. The van der Waals surface area contributed by atoms with Gasteiger partial charge in [0.2, 0.25) is 0 Å². The van der Waals surface area contributed by atoms with Crippen LogP contribution in [-0.2, 0) is 0 Å². The fraction of sp³-hybridized carbons (Fsp3) is 0. The van der Waals surface area contributed by atoms with Crippen LogP contribution in [0.4, 0.5) is 0 Å². The molecule has 0 aliphatic carbocycles. The molecule has 0 amide bonds. The van der Waals surface area contributed by atoms with Crippen molar-refractivity contribution in [1.29, 1.82) is 0 Å². The fourth-order valence-corrected chi connectivity index (χ4v) is 0. The maximum atomic E-state index is 8.36. The number of hydrogen-bond donors (Lipinski definition) is 1. The molecule has 0 aromatic carbocycles. The SMILES string of the molecule is O=[N+]([O-])O.[K].[SiH4]. The molecule has 0 unspecified atom stereocenters. The van der Waals surface area contributed by atoms with Gasteiger partial charge in [-0.1, -0.05) is 0 Å². The van der Waals surface area contributed by atoms with Crippen molar-refractivity contribution in [2.24, 2.45) is 0 Å². The third-order valence-electron chi connectivity index (χ3n) is 0. The number of rotatable bonds is 0. The predicted molar refractivity (Wildman–Crippen MR) is 25.9 cm³/mol. The third-order valence-corrected chi connectivity index (χ3v) is 0. The first-order chi connectivity index (χ1) is 1.73. The van der Waals surface area contributed by atoms with Crippen molar-refractivity contribution in [2.45, 2.75) is 0 Å². The summed E-state index contributed by atoms with van der Waals surface area (Å²) >= 11 is 0. The van der Waals surface area contributed by atoms with E-state index in [1.54, 1.807) is 0 Å². The van der Waals surface area contributed by atoms with Gasteiger partial charge >= 0.3 is 0 Å². The van der Waals surface area contributed by atoms with E-state index < -0.39 is 5.09 Å². The van der Waals surface area contributed by atoms with Crippen LogP contribution in [0.2, 0.25) is 0 Å². The second-order valence-electron chi connectivity index (χ2n) is 0.238. The minimum Gasteiger partial charge on any atom is -0.328 e. The van der Waals surface area contributed by atoms with Gasteiger partial charge in [-0.3, -0.25) is 0 Å². The molecule has 6 heavy (non-hydrogen) atoms. The summed E-state index contributed by atoms with van der Waals surface area (Å²) in [5.41, 5.74) is 0. The first-order valence-electron chi connectivity index (χ1n) is 0.565. The average Bonchev–Trinajstić information content (AvgIpc) is 0.811. The zero-order valence-electron chi connectivity index (χ0n) is 2.71. The van der Waals surface area contributed by atoms with E-state index in [2.05, 4.69) is 0 Å². The summed E-state index contributed by atoms with van der Waals surface area (Å²) in [6, 6.07) is 0. The van der Waals surface area contributed by atoms with E-state index in [0.29, 0.717) is 0 Å². The molecule has 0 rings (SSSR count). The molecule has 0 saturated heterocycles. The first-order valence-corrected chi connectivity index (χ1v) is 0.565. The summed E-state index contributed by atoms with van der Waals surface area (Å²) in [7, 11) is 0. The van der Waals surface area contributed by atoms with Gasteiger partial charge in [0, 0.05) is 51.4 Å². The molecule has 4 nitrogen and oxygen atoms in total. The normalized spacial score (nSPS) is 4.00. The molecular formula is H5KNO3Si. The molecule has 0 heterocycles. The Balaban J connectivity index is -0.0000000450. The summed E-state index contributed by atoms with van der Waals surface area (Å²) < 4.78 is 0. The van der Waals surface area contributed by atoms with Gasteiger partial charge in [0.05, 0.1) is 0 Å². The van der Waals surface area contributed by atoms with Crippen molar-refractivity contribution >= 4 is 62.3 Å². The van der Waals surface area contributed by atoms with Gasteiger partial charge in [0.25, 0.3) is 5.09 Å². The fourth-order valence-electron chi connectivity index (χ4n) is 0.